The van der Waals surface area contributed by atoms with Crippen molar-refractivity contribution in [3.05, 3.63) is 28.8 Å². The van der Waals surface area contributed by atoms with Crippen LogP contribution >= 0.6 is 11.6 Å². The molecule has 1 aromatic carbocycles. The van der Waals surface area contributed by atoms with E-state index in [0.717, 1.165) is 0 Å². The minimum atomic E-state index is -0.514. The molecule has 0 radical (unpaired) electrons. The van der Waals surface area contributed by atoms with Crippen LogP contribution in [0.3, 0.4) is 0 Å². The lowest BCUT2D eigenvalue weighted by Gasteiger charge is -2.24. The molecule has 0 bridgehead atoms. The molecule has 96 valence electrons. The Balaban J connectivity index is 3.07. The van der Waals surface area contributed by atoms with Crippen LogP contribution in [-0.2, 0) is 9.53 Å². The summed E-state index contributed by atoms with van der Waals surface area (Å²) in [4.78, 5) is 13.6. The molecular weight excluding hydrogens is 252 g/mol. The number of amides is 1. The van der Waals surface area contributed by atoms with Gasteiger partial charge in [-0.1, -0.05) is 11.6 Å². The monoisotopic (exact) mass is 266 g/mol. The highest BCUT2D eigenvalue weighted by atomic mass is 35.5. The number of likely N-dealkylation sites (N-methyl/N-ethyl adjacent to an activating group) is 1. The summed E-state index contributed by atoms with van der Waals surface area (Å²) >= 11 is 5.96. The number of halogens is 1. The lowest BCUT2D eigenvalue weighted by molar-refractivity contribution is -0.127. The quantitative estimate of drug-likeness (QED) is 0.842. The zero-order valence-electron chi connectivity index (χ0n) is 10.6. The molecule has 0 aromatic heterocycles. The van der Waals surface area contributed by atoms with E-state index >= 15 is 0 Å². The number of nitriles is 1. The number of rotatable bonds is 4. The molecule has 0 unspecified atom stereocenters. The molecule has 0 fully saturated rings. The maximum atomic E-state index is 12.1. The minimum Gasteiger partial charge on any atom is -0.372 e. The number of nitrogens with zero attached hydrogens (tertiary/aromatic N) is 2. The van der Waals surface area contributed by atoms with Gasteiger partial charge < -0.3 is 9.64 Å². The molecule has 0 spiro atoms. The third kappa shape index (κ3) is 3.00. The molecule has 0 saturated carbocycles. The van der Waals surface area contributed by atoms with Gasteiger partial charge in [-0.3, -0.25) is 4.79 Å². The van der Waals surface area contributed by atoms with E-state index in [1.165, 1.54) is 7.11 Å². The van der Waals surface area contributed by atoms with E-state index in [2.05, 4.69) is 0 Å². The Bertz CT molecular complexity index is 482. The fourth-order valence-electron chi connectivity index (χ4n) is 1.55. The van der Waals surface area contributed by atoms with Crippen LogP contribution in [0.5, 0.6) is 0 Å². The van der Waals surface area contributed by atoms with E-state index < -0.39 is 6.10 Å². The summed E-state index contributed by atoms with van der Waals surface area (Å²) in [6.07, 6.45) is -0.514. The second kappa shape index (κ2) is 6.39. The van der Waals surface area contributed by atoms with Crippen molar-refractivity contribution in [3.8, 4) is 6.07 Å². The Hall–Kier alpha value is -1.57. The predicted octanol–water partition coefficient (Wildman–Crippen LogP) is 2.60. The summed E-state index contributed by atoms with van der Waals surface area (Å²) in [6.45, 7) is 4.07. The standard InChI is InChI=1S/C13H15ClN2O2/c1-4-16(13(17)9(2)18-3)11-6-5-10(8-15)12(14)7-11/h5-7,9H,4H2,1-3H3/t9-/m1/s1. The Labute approximate surface area is 112 Å². The largest absolute Gasteiger partial charge is 0.372 e. The molecule has 0 aliphatic rings. The first kappa shape index (κ1) is 14.5. The van der Waals surface area contributed by atoms with Crippen LogP contribution in [0.4, 0.5) is 5.69 Å². The van der Waals surface area contributed by atoms with Gasteiger partial charge in [-0.05, 0) is 32.0 Å². The van der Waals surface area contributed by atoms with Crippen LogP contribution in [0.25, 0.3) is 0 Å². The van der Waals surface area contributed by atoms with Crippen molar-refractivity contribution in [1.29, 1.82) is 5.26 Å². The van der Waals surface area contributed by atoms with Gasteiger partial charge in [0.15, 0.2) is 0 Å². The highest BCUT2D eigenvalue weighted by molar-refractivity contribution is 6.32. The summed E-state index contributed by atoms with van der Waals surface area (Å²) in [7, 11) is 1.49. The summed E-state index contributed by atoms with van der Waals surface area (Å²) in [5.41, 5.74) is 1.05. The molecule has 0 aliphatic carbocycles. The average molecular weight is 267 g/mol. The van der Waals surface area contributed by atoms with Crippen LogP contribution in [-0.4, -0.2) is 25.7 Å². The van der Waals surface area contributed by atoms with Crippen LogP contribution in [0.2, 0.25) is 5.02 Å². The molecule has 1 atom stereocenters. The van der Waals surface area contributed by atoms with Crippen molar-refractivity contribution >= 4 is 23.2 Å². The molecule has 0 saturated heterocycles. The first-order chi connectivity index (χ1) is 8.54. The van der Waals surface area contributed by atoms with Gasteiger partial charge in [0.25, 0.3) is 5.91 Å². The average Bonchev–Trinajstić information content (AvgIpc) is 2.38. The zero-order chi connectivity index (χ0) is 13.7. The van der Waals surface area contributed by atoms with E-state index in [0.29, 0.717) is 22.8 Å². The van der Waals surface area contributed by atoms with Gasteiger partial charge in [0.2, 0.25) is 0 Å². The number of anilines is 1. The summed E-state index contributed by atoms with van der Waals surface area (Å²) in [5, 5.41) is 9.14. The van der Waals surface area contributed by atoms with Gasteiger partial charge in [0.05, 0.1) is 10.6 Å². The number of methoxy groups -OCH3 is 1. The number of ether oxygens (including phenoxy) is 1. The van der Waals surface area contributed by atoms with Crippen LogP contribution in [0.15, 0.2) is 18.2 Å². The number of benzene rings is 1. The SMILES string of the molecule is CCN(C(=O)[C@@H](C)OC)c1ccc(C#N)c(Cl)c1. The lowest BCUT2D eigenvalue weighted by atomic mass is 10.2. The minimum absolute atomic E-state index is 0.138. The van der Waals surface area contributed by atoms with E-state index in [1.54, 1.807) is 30.0 Å². The Kier molecular flexibility index (Phi) is 5.14. The summed E-state index contributed by atoms with van der Waals surface area (Å²) in [5.74, 6) is -0.138. The summed E-state index contributed by atoms with van der Waals surface area (Å²) < 4.78 is 5.01. The molecule has 4 nitrogen and oxygen atoms in total. The van der Waals surface area contributed by atoms with Crippen molar-refractivity contribution in [3.63, 3.8) is 0 Å². The van der Waals surface area contributed by atoms with Crippen molar-refractivity contribution < 1.29 is 9.53 Å². The maximum absolute atomic E-state index is 12.1. The van der Waals surface area contributed by atoms with Gasteiger partial charge in [-0.15, -0.1) is 0 Å². The molecule has 5 heteroatoms. The van der Waals surface area contributed by atoms with Crippen LogP contribution < -0.4 is 4.90 Å². The molecule has 0 N–H and O–H groups in total. The predicted molar refractivity (Wildman–Crippen MR) is 70.7 cm³/mol. The Morgan fingerprint density at radius 2 is 2.28 bits per heavy atom. The van der Waals surface area contributed by atoms with E-state index in [9.17, 15) is 4.79 Å². The zero-order valence-corrected chi connectivity index (χ0v) is 11.4. The lowest BCUT2D eigenvalue weighted by Crippen LogP contribution is -2.38. The molecule has 1 amide bonds. The van der Waals surface area contributed by atoms with Gasteiger partial charge in [-0.2, -0.15) is 5.26 Å². The van der Waals surface area contributed by atoms with Crippen molar-refractivity contribution in [2.24, 2.45) is 0 Å². The first-order valence-corrected chi connectivity index (χ1v) is 5.96. The highest BCUT2D eigenvalue weighted by Gasteiger charge is 2.20. The molecule has 0 heterocycles. The van der Waals surface area contributed by atoms with Gasteiger partial charge >= 0.3 is 0 Å². The molecular formula is C13H15ClN2O2. The number of carbonyl (C=O) groups excluding carboxylic acids is 1. The fraction of sp³-hybridized carbons (Fsp3) is 0.385. The topological polar surface area (TPSA) is 53.3 Å². The first-order valence-electron chi connectivity index (χ1n) is 5.59. The van der Waals surface area contributed by atoms with Gasteiger partial charge in [-0.25, -0.2) is 0 Å². The normalized spacial score (nSPS) is 11.7. The third-order valence-corrected chi connectivity index (χ3v) is 2.98. The smallest absolute Gasteiger partial charge is 0.255 e. The number of hydrogen-bond acceptors (Lipinski definition) is 3. The second-order valence-corrected chi connectivity index (χ2v) is 4.14. The van der Waals surface area contributed by atoms with Crippen molar-refractivity contribution in [1.82, 2.24) is 0 Å². The maximum Gasteiger partial charge on any atom is 0.255 e. The highest BCUT2D eigenvalue weighted by Crippen LogP contribution is 2.23. The van der Waals surface area contributed by atoms with Crippen LogP contribution in [0, 0.1) is 11.3 Å². The van der Waals surface area contributed by atoms with Crippen LogP contribution in [0.1, 0.15) is 19.4 Å². The Morgan fingerprint density at radius 3 is 2.72 bits per heavy atom. The molecule has 18 heavy (non-hydrogen) atoms. The van der Waals surface area contributed by atoms with E-state index in [1.807, 2.05) is 13.0 Å². The molecule has 1 aromatic rings. The number of hydrogen-bond donors (Lipinski definition) is 0. The van der Waals surface area contributed by atoms with Crippen molar-refractivity contribution in [2.75, 3.05) is 18.6 Å². The molecule has 0 aliphatic heterocycles. The third-order valence-electron chi connectivity index (χ3n) is 2.67. The Morgan fingerprint density at radius 1 is 1.61 bits per heavy atom. The molecule has 1 rings (SSSR count). The van der Waals surface area contributed by atoms with Crippen molar-refractivity contribution in [2.45, 2.75) is 20.0 Å². The summed E-state index contributed by atoms with van der Waals surface area (Å²) in [6, 6.07) is 6.90. The van der Waals surface area contributed by atoms with Gasteiger partial charge in [0.1, 0.15) is 12.2 Å². The van der Waals surface area contributed by atoms with E-state index in [4.69, 9.17) is 21.6 Å². The second-order valence-electron chi connectivity index (χ2n) is 3.74. The van der Waals surface area contributed by atoms with Gasteiger partial charge in [0, 0.05) is 19.3 Å². The number of carbonyl (C=O) groups is 1. The fourth-order valence-corrected chi connectivity index (χ4v) is 1.77. The van der Waals surface area contributed by atoms with E-state index in [-0.39, 0.29) is 5.91 Å².